The first-order chi connectivity index (χ1) is 17.0. The van der Waals surface area contributed by atoms with E-state index >= 15 is 0 Å². The molecule has 2 aliphatic rings. The second-order valence-electron chi connectivity index (χ2n) is 9.40. The number of aromatic nitrogens is 3. The SMILES string of the molecule is Cc1c[nH]c(-c2ccc(Nc3cc(CC(=O)C4CC4)nc4c3N=C(C(F)F)C4)c(S(C)(=O)=O)c2)[n+]1C. The number of pyridine rings is 1. The van der Waals surface area contributed by atoms with Crippen LogP contribution in [0.5, 0.6) is 0 Å². The minimum absolute atomic E-state index is 0.0340. The highest BCUT2D eigenvalue weighted by atomic mass is 32.2. The fourth-order valence-corrected chi connectivity index (χ4v) is 5.20. The van der Waals surface area contributed by atoms with E-state index in [1.54, 1.807) is 24.3 Å². The number of fused-ring (bicyclic) bond motifs is 1. The second kappa shape index (κ2) is 8.88. The van der Waals surface area contributed by atoms with Gasteiger partial charge >= 0.3 is 0 Å². The predicted octanol–water partition coefficient (Wildman–Crippen LogP) is 3.77. The molecule has 0 amide bonds. The number of imidazole rings is 1. The summed E-state index contributed by atoms with van der Waals surface area (Å²) in [5.41, 5.74) is 2.99. The Morgan fingerprint density at radius 2 is 2.00 bits per heavy atom. The van der Waals surface area contributed by atoms with Crippen molar-refractivity contribution >= 4 is 38.4 Å². The van der Waals surface area contributed by atoms with Crippen molar-refractivity contribution in [2.75, 3.05) is 11.6 Å². The summed E-state index contributed by atoms with van der Waals surface area (Å²) in [4.78, 5) is 24.1. The largest absolute Gasteiger partial charge is 0.353 e. The van der Waals surface area contributed by atoms with Gasteiger partial charge in [0.2, 0.25) is 0 Å². The normalized spacial score (nSPS) is 15.2. The third-order valence-corrected chi connectivity index (χ3v) is 7.70. The van der Waals surface area contributed by atoms with Crippen molar-refractivity contribution in [1.29, 1.82) is 0 Å². The summed E-state index contributed by atoms with van der Waals surface area (Å²) < 4.78 is 54.3. The fraction of sp³-hybridized carbons (Fsp3) is 0.360. The molecule has 11 heteroatoms. The number of carbonyl (C=O) groups is 1. The number of hydrogen-bond donors (Lipinski definition) is 2. The monoisotopic (exact) mass is 514 g/mol. The van der Waals surface area contributed by atoms with Crippen LogP contribution in [0.4, 0.5) is 25.8 Å². The number of rotatable bonds is 8. The zero-order chi connectivity index (χ0) is 25.8. The first-order valence-corrected chi connectivity index (χ1v) is 13.5. The average molecular weight is 515 g/mol. The maximum absolute atomic E-state index is 13.4. The Balaban J connectivity index is 1.57. The highest BCUT2D eigenvalue weighted by Gasteiger charge is 2.31. The molecule has 1 aliphatic carbocycles. The number of alkyl halides is 2. The first-order valence-electron chi connectivity index (χ1n) is 11.6. The van der Waals surface area contributed by atoms with Crippen molar-refractivity contribution < 1.29 is 26.6 Å². The van der Waals surface area contributed by atoms with Crippen molar-refractivity contribution in [2.24, 2.45) is 18.0 Å². The van der Waals surface area contributed by atoms with E-state index in [1.807, 2.05) is 24.7 Å². The maximum Gasteiger partial charge on any atom is 0.286 e. The minimum Gasteiger partial charge on any atom is -0.353 e. The van der Waals surface area contributed by atoms with Gasteiger partial charge < -0.3 is 5.32 Å². The second-order valence-corrected chi connectivity index (χ2v) is 11.4. The van der Waals surface area contributed by atoms with Gasteiger partial charge in [-0.05, 0) is 37.1 Å². The molecule has 1 fully saturated rings. The summed E-state index contributed by atoms with van der Waals surface area (Å²) in [6.45, 7) is 1.93. The lowest BCUT2D eigenvalue weighted by Gasteiger charge is -2.15. The minimum atomic E-state index is -3.67. The van der Waals surface area contributed by atoms with E-state index in [4.69, 9.17) is 0 Å². The van der Waals surface area contributed by atoms with E-state index in [0.717, 1.165) is 30.6 Å². The number of Topliss-reactive ketones (excluding diaryl/α,β-unsaturated/α-hetero) is 1. The van der Waals surface area contributed by atoms with Crippen LogP contribution in [-0.2, 0) is 34.5 Å². The van der Waals surface area contributed by atoms with Gasteiger partial charge in [0, 0.05) is 31.9 Å². The van der Waals surface area contributed by atoms with Gasteiger partial charge in [0.25, 0.3) is 12.2 Å². The molecule has 0 radical (unpaired) electrons. The number of anilines is 2. The average Bonchev–Trinajstić information content (AvgIpc) is 3.49. The molecule has 1 aromatic carbocycles. The van der Waals surface area contributed by atoms with Gasteiger partial charge in [0.05, 0.1) is 46.0 Å². The van der Waals surface area contributed by atoms with Gasteiger partial charge in [-0.25, -0.2) is 31.7 Å². The number of aliphatic imine (C=N–C) groups is 1. The molecule has 0 bridgehead atoms. The van der Waals surface area contributed by atoms with Crippen LogP contribution < -0.4 is 9.88 Å². The molecule has 188 valence electrons. The summed E-state index contributed by atoms with van der Waals surface area (Å²) in [7, 11) is -1.80. The summed E-state index contributed by atoms with van der Waals surface area (Å²) in [5.74, 6) is 0.837. The van der Waals surface area contributed by atoms with Crippen molar-refractivity contribution in [3.05, 3.63) is 47.5 Å². The standard InChI is InChI=1S/C25H25F2N5O3S/c1-13-12-28-25(32(13)2)15-6-7-17(22(8-15)36(3,34)35)30-18-9-16(10-21(33)14-4-5-14)29-19-11-20(24(26)27)31-23(18)19/h6-9,12,14,24H,4-5,10-11H2,1-3H3,(H,28,29,30)/p+1. The predicted molar refractivity (Wildman–Crippen MR) is 131 cm³/mol. The molecule has 0 saturated heterocycles. The van der Waals surface area contributed by atoms with E-state index < -0.39 is 16.3 Å². The Morgan fingerprint density at radius 3 is 2.61 bits per heavy atom. The van der Waals surface area contributed by atoms with Crippen LogP contribution in [0.1, 0.15) is 29.9 Å². The molecule has 0 spiro atoms. The van der Waals surface area contributed by atoms with E-state index in [-0.39, 0.29) is 46.5 Å². The van der Waals surface area contributed by atoms with Crippen LogP contribution in [0.2, 0.25) is 0 Å². The number of aryl methyl sites for hydroxylation is 1. The third kappa shape index (κ3) is 4.67. The third-order valence-electron chi connectivity index (χ3n) is 6.57. The Bertz CT molecular complexity index is 1520. The van der Waals surface area contributed by atoms with Gasteiger partial charge in [0.1, 0.15) is 23.4 Å². The highest BCUT2D eigenvalue weighted by molar-refractivity contribution is 7.90. The van der Waals surface area contributed by atoms with E-state index in [9.17, 15) is 22.0 Å². The summed E-state index contributed by atoms with van der Waals surface area (Å²) in [6.07, 6.45) is 1.89. The molecule has 0 atom stereocenters. The molecule has 2 aromatic heterocycles. The van der Waals surface area contributed by atoms with Crippen LogP contribution in [0.25, 0.3) is 11.4 Å². The van der Waals surface area contributed by atoms with Crippen molar-refractivity contribution in [1.82, 2.24) is 9.97 Å². The zero-order valence-corrected chi connectivity index (χ0v) is 20.9. The van der Waals surface area contributed by atoms with Gasteiger partial charge in [-0.15, -0.1) is 0 Å². The number of sulfone groups is 1. The zero-order valence-electron chi connectivity index (χ0n) is 20.1. The Labute approximate surface area is 207 Å². The molecular weight excluding hydrogens is 488 g/mol. The lowest BCUT2D eigenvalue weighted by atomic mass is 10.1. The summed E-state index contributed by atoms with van der Waals surface area (Å²) >= 11 is 0. The van der Waals surface area contributed by atoms with E-state index in [1.165, 1.54) is 0 Å². The van der Waals surface area contributed by atoms with Crippen LogP contribution in [0.3, 0.4) is 0 Å². The number of benzene rings is 1. The van der Waals surface area contributed by atoms with Gasteiger partial charge in [-0.1, -0.05) is 0 Å². The number of ketones is 1. The van der Waals surface area contributed by atoms with Gasteiger partial charge in [0.15, 0.2) is 9.84 Å². The summed E-state index contributed by atoms with van der Waals surface area (Å²) in [6, 6.07) is 6.58. The molecule has 8 nitrogen and oxygen atoms in total. The molecule has 1 saturated carbocycles. The number of nitrogens with zero attached hydrogens (tertiary/aromatic N) is 3. The number of carbonyl (C=O) groups excluding carboxylic acids is 1. The highest BCUT2D eigenvalue weighted by Crippen LogP contribution is 2.39. The van der Waals surface area contributed by atoms with Crippen molar-refractivity contribution in [2.45, 2.75) is 43.9 Å². The smallest absolute Gasteiger partial charge is 0.286 e. The van der Waals surface area contributed by atoms with Crippen molar-refractivity contribution in [3.8, 4) is 11.4 Å². The van der Waals surface area contributed by atoms with E-state index in [0.29, 0.717) is 22.6 Å². The van der Waals surface area contributed by atoms with Gasteiger partial charge in [-0.2, -0.15) is 0 Å². The number of aromatic amines is 1. The molecule has 3 heterocycles. The number of halogens is 2. The summed E-state index contributed by atoms with van der Waals surface area (Å²) in [5, 5.41) is 3.10. The van der Waals surface area contributed by atoms with Crippen LogP contribution in [-0.4, -0.2) is 42.6 Å². The first kappa shape index (κ1) is 24.2. The Hall–Kier alpha value is -3.47. The maximum atomic E-state index is 13.4. The molecule has 1 aliphatic heterocycles. The molecule has 36 heavy (non-hydrogen) atoms. The lowest BCUT2D eigenvalue weighted by Crippen LogP contribution is -2.31. The lowest BCUT2D eigenvalue weighted by molar-refractivity contribution is -0.665. The number of nitrogens with one attached hydrogen (secondary N) is 2. The number of hydrogen-bond acceptors (Lipinski definition) is 6. The molecular formula is C25H26F2N5O3S+. The van der Waals surface area contributed by atoms with Crippen molar-refractivity contribution in [3.63, 3.8) is 0 Å². The number of H-pyrrole nitrogens is 1. The van der Waals surface area contributed by atoms with Crippen LogP contribution in [0.15, 0.2) is 40.4 Å². The molecule has 5 rings (SSSR count). The van der Waals surface area contributed by atoms with Gasteiger partial charge in [-0.3, -0.25) is 9.78 Å². The molecule has 2 N–H and O–H groups in total. The Morgan fingerprint density at radius 1 is 1.25 bits per heavy atom. The molecule has 0 unspecified atom stereocenters. The van der Waals surface area contributed by atoms with Crippen LogP contribution in [0, 0.1) is 12.8 Å². The molecule has 3 aromatic rings. The van der Waals surface area contributed by atoms with E-state index in [2.05, 4.69) is 20.3 Å². The fourth-order valence-electron chi connectivity index (χ4n) is 4.34. The van der Waals surface area contributed by atoms with Crippen LogP contribution >= 0.6 is 0 Å². The quantitative estimate of drug-likeness (QED) is 0.445. The Kier molecular flexibility index (Phi) is 5.98. The topological polar surface area (TPSA) is 108 Å².